The Kier molecular flexibility index (Phi) is 3.10. The molecule has 0 aliphatic heterocycles. The molecule has 0 aliphatic carbocycles. The smallest absolute Gasteiger partial charge is 0.212 e. The summed E-state index contributed by atoms with van der Waals surface area (Å²) in [6.07, 6.45) is 0. The Bertz CT molecular complexity index is 635. The Balaban J connectivity index is 2.63. The van der Waals surface area contributed by atoms with E-state index in [1.165, 1.54) is 0 Å². The first-order chi connectivity index (χ1) is 7.46. The summed E-state index contributed by atoms with van der Waals surface area (Å²) in [4.78, 5) is 0. The molecule has 0 aliphatic rings. The summed E-state index contributed by atoms with van der Waals surface area (Å²) in [6.45, 7) is 0. The van der Waals surface area contributed by atoms with Crippen LogP contribution in [0.3, 0.4) is 0 Å². The molecule has 0 saturated carbocycles. The first-order valence-corrected chi connectivity index (χ1v) is 7.41. The van der Waals surface area contributed by atoms with Gasteiger partial charge in [-0.15, -0.1) is 0 Å². The first kappa shape index (κ1) is 11.7. The summed E-state index contributed by atoms with van der Waals surface area (Å²) >= 11 is 5.86. The van der Waals surface area contributed by atoms with Crippen LogP contribution in [0, 0.1) is 0 Å². The highest BCUT2D eigenvalue weighted by Crippen LogP contribution is 2.24. The average Bonchev–Trinajstić information content (AvgIpc) is 2.15. The van der Waals surface area contributed by atoms with Crippen LogP contribution in [0.4, 0.5) is 0 Å². The summed E-state index contributed by atoms with van der Waals surface area (Å²) in [7, 11) is 1.71. The number of hydrogen-bond donors (Lipinski definition) is 0. The van der Waals surface area contributed by atoms with Crippen molar-refractivity contribution in [2.45, 2.75) is 5.75 Å². The Morgan fingerprint density at radius 2 is 1.88 bits per heavy atom. The van der Waals surface area contributed by atoms with Gasteiger partial charge < -0.3 is 0 Å². The van der Waals surface area contributed by atoms with Crippen molar-refractivity contribution in [1.82, 2.24) is 0 Å². The van der Waals surface area contributed by atoms with Crippen LogP contribution in [-0.4, -0.2) is 8.42 Å². The van der Waals surface area contributed by atoms with Crippen LogP contribution in [0.5, 0.6) is 0 Å². The van der Waals surface area contributed by atoms with E-state index in [1.807, 2.05) is 6.07 Å². The van der Waals surface area contributed by atoms with E-state index < -0.39 is 9.05 Å². The molecule has 0 aromatic heterocycles. The third-order valence-corrected chi connectivity index (χ3v) is 3.48. The minimum atomic E-state index is -3.54. The molecule has 0 bridgehead atoms. The molecule has 0 N–H and O–H groups in total. The molecule has 0 radical (unpaired) electrons. The molecule has 84 valence electrons. The molecule has 0 unspecified atom stereocenters. The van der Waals surface area contributed by atoms with Gasteiger partial charge in [0.05, 0.1) is 5.75 Å². The Labute approximate surface area is 103 Å². The van der Waals surface area contributed by atoms with E-state index in [4.69, 9.17) is 22.3 Å². The van der Waals surface area contributed by atoms with Crippen LogP contribution in [0.1, 0.15) is 5.56 Å². The highest BCUT2D eigenvalue weighted by atomic mass is 35.7. The lowest BCUT2D eigenvalue weighted by Gasteiger charge is -2.04. The van der Waals surface area contributed by atoms with Crippen molar-refractivity contribution in [3.8, 4) is 0 Å². The largest absolute Gasteiger partial charge is 0.236 e. The van der Waals surface area contributed by atoms with Crippen LogP contribution in [0.25, 0.3) is 10.8 Å². The first-order valence-electron chi connectivity index (χ1n) is 4.55. The van der Waals surface area contributed by atoms with Gasteiger partial charge in [-0.05, 0) is 28.5 Å². The predicted octanol–water partition coefficient (Wildman–Crippen LogP) is 3.56. The molecule has 0 saturated heterocycles. The van der Waals surface area contributed by atoms with Crippen molar-refractivity contribution >= 4 is 42.1 Å². The normalized spacial score (nSPS) is 11.9. The second-order valence-corrected chi connectivity index (χ2v) is 6.68. The highest BCUT2D eigenvalue weighted by molar-refractivity contribution is 8.13. The standard InChI is InChI=1S/C11H8Cl2O2S/c12-10-4-5-11-8(6-10)2-1-3-9(11)7-16(13,14)15/h1-6H,7H2. The van der Waals surface area contributed by atoms with Gasteiger partial charge in [-0.2, -0.15) is 0 Å². The number of rotatable bonds is 2. The Morgan fingerprint density at radius 1 is 1.12 bits per heavy atom. The van der Waals surface area contributed by atoms with Crippen molar-refractivity contribution in [3.05, 3.63) is 47.0 Å². The Morgan fingerprint density at radius 3 is 2.56 bits per heavy atom. The summed E-state index contributed by atoms with van der Waals surface area (Å²) in [6, 6.07) is 10.7. The molecule has 0 spiro atoms. The van der Waals surface area contributed by atoms with E-state index in [0.29, 0.717) is 10.6 Å². The molecule has 2 aromatic rings. The maximum atomic E-state index is 11.1. The van der Waals surface area contributed by atoms with Gasteiger partial charge in [0, 0.05) is 15.7 Å². The third-order valence-electron chi connectivity index (χ3n) is 2.26. The lowest BCUT2D eigenvalue weighted by Crippen LogP contribution is -1.95. The fourth-order valence-electron chi connectivity index (χ4n) is 1.63. The monoisotopic (exact) mass is 274 g/mol. The molecule has 2 aromatic carbocycles. The van der Waals surface area contributed by atoms with E-state index in [0.717, 1.165) is 10.8 Å². The number of fused-ring (bicyclic) bond motifs is 1. The lowest BCUT2D eigenvalue weighted by atomic mass is 10.1. The topological polar surface area (TPSA) is 34.1 Å². The molecule has 0 heterocycles. The molecule has 0 atom stereocenters. The molecule has 5 heteroatoms. The molecule has 0 amide bonds. The van der Waals surface area contributed by atoms with Crippen molar-refractivity contribution in [2.24, 2.45) is 0 Å². The lowest BCUT2D eigenvalue weighted by molar-refractivity contribution is 0.609. The fraction of sp³-hybridized carbons (Fsp3) is 0.0909. The van der Waals surface area contributed by atoms with Gasteiger partial charge in [-0.1, -0.05) is 35.9 Å². The van der Waals surface area contributed by atoms with Crippen LogP contribution in [0.15, 0.2) is 36.4 Å². The molecule has 2 nitrogen and oxygen atoms in total. The maximum absolute atomic E-state index is 11.1. The Hall–Kier alpha value is -0.770. The van der Waals surface area contributed by atoms with Crippen LogP contribution < -0.4 is 0 Å². The van der Waals surface area contributed by atoms with Crippen molar-refractivity contribution in [1.29, 1.82) is 0 Å². The predicted molar refractivity (Wildman–Crippen MR) is 67.4 cm³/mol. The van der Waals surface area contributed by atoms with Gasteiger partial charge in [-0.3, -0.25) is 0 Å². The van der Waals surface area contributed by atoms with Crippen LogP contribution >= 0.6 is 22.3 Å². The van der Waals surface area contributed by atoms with E-state index in [2.05, 4.69) is 0 Å². The SMILES string of the molecule is O=S(=O)(Cl)Cc1cccc2cc(Cl)ccc12. The zero-order valence-corrected chi connectivity index (χ0v) is 10.5. The van der Waals surface area contributed by atoms with E-state index in [1.54, 1.807) is 30.3 Å². The van der Waals surface area contributed by atoms with E-state index in [9.17, 15) is 8.42 Å². The van der Waals surface area contributed by atoms with Crippen molar-refractivity contribution in [3.63, 3.8) is 0 Å². The highest BCUT2D eigenvalue weighted by Gasteiger charge is 2.09. The van der Waals surface area contributed by atoms with E-state index in [-0.39, 0.29) is 5.75 Å². The zero-order valence-electron chi connectivity index (χ0n) is 8.15. The molecule has 16 heavy (non-hydrogen) atoms. The van der Waals surface area contributed by atoms with E-state index >= 15 is 0 Å². The van der Waals surface area contributed by atoms with Gasteiger partial charge in [0.2, 0.25) is 9.05 Å². The minimum Gasteiger partial charge on any atom is -0.212 e. The summed E-state index contributed by atoms with van der Waals surface area (Å²) in [5.41, 5.74) is 0.684. The van der Waals surface area contributed by atoms with Crippen LogP contribution in [0.2, 0.25) is 5.02 Å². The molecular formula is C11H8Cl2O2S. The van der Waals surface area contributed by atoms with Crippen LogP contribution in [-0.2, 0) is 14.8 Å². The third kappa shape index (κ3) is 2.67. The quantitative estimate of drug-likeness (QED) is 0.785. The molecule has 2 rings (SSSR count). The molecule has 0 fully saturated rings. The number of hydrogen-bond acceptors (Lipinski definition) is 2. The second-order valence-electron chi connectivity index (χ2n) is 3.47. The van der Waals surface area contributed by atoms with Crippen molar-refractivity contribution < 1.29 is 8.42 Å². The average molecular weight is 275 g/mol. The summed E-state index contributed by atoms with van der Waals surface area (Å²) in [5.74, 6) is -0.173. The molecular weight excluding hydrogens is 267 g/mol. The number of benzene rings is 2. The minimum absolute atomic E-state index is 0.173. The zero-order chi connectivity index (χ0) is 11.8. The second kappa shape index (κ2) is 4.24. The fourth-order valence-corrected chi connectivity index (χ4v) is 2.79. The van der Waals surface area contributed by atoms with Gasteiger partial charge in [0.1, 0.15) is 0 Å². The van der Waals surface area contributed by atoms with Gasteiger partial charge in [0.25, 0.3) is 0 Å². The summed E-state index contributed by atoms with van der Waals surface area (Å²) in [5, 5.41) is 2.39. The van der Waals surface area contributed by atoms with Gasteiger partial charge in [-0.25, -0.2) is 8.42 Å². The number of halogens is 2. The van der Waals surface area contributed by atoms with Gasteiger partial charge in [0.15, 0.2) is 0 Å². The maximum Gasteiger partial charge on any atom is 0.236 e. The van der Waals surface area contributed by atoms with Gasteiger partial charge >= 0.3 is 0 Å². The van der Waals surface area contributed by atoms with Crippen molar-refractivity contribution in [2.75, 3.05) is 0 Å². The summed E-state index contributed by atoms with van der Waals surface area (Å²) < 4.78 is 22.1.